The molecule has 3 aromatic rings. The summed E-state index contributed by atoms with van der Waals surface area (Å²) in [6, 6.07) is 5.44. The van der Waals surface area contributed by atoms with Crippen LogP contribution in [0.5, 0.6) is 0 Å². The fraction of sp³-hybridized carbons (Fsp3) is 0. The van der Waals surface area contributed by atoms with Gasteiger partial charge in [-0.25, -0.2) is 0 Å². The first kappa shape index (κ1) is 9.30. The number of aromatic nitrogens is 1. The van der Waals surface area contributed by atoms with E-state index >= 15 is 0 Å². The zero-order chi connectivity index (χ0) is 11.0. The van der Waals surface area contributed by atoms with Gasteiger partial charge in [0.2, 0.25) is 5.43 Å². The number of pyridine rings is 1. The molecule has 0 aliphatic heterocycles. The first-order valence-electron chi connectivity index (χ1n) is 4.75. The maximum Gasteiger partial charge on any atom is 0.210 e. The summed E-state index contributed by atoms with van der Waals surface area (Å²) >= 11 is 1.40. The molecule has 0 saturated carbocycles. The highest BCUT2D eigenvalue weighted by molar-refractivity contribution is 7.17. The van der Waals surface area contributed by atoms with Gasteiger partial charge in [-0.2, -0.15) is 0 Å². The average molecular weight is 229 g/mol. The number of hydrogen-bond donors (Lipinski definition) is 0. The molecule has 0 radical (unpaired) electrons. The summed E-state index contributed by atoms with van der Waals surface area (Å²) in [6.07, 6.45) is 4.83. The van der Waals surface area contributed by atoms with E-state index in [4.69, 9.17) is 4.42 Å². The smallest absolute Gasteiger partial charge is 0.210 e. The summed E-state index contributed by atoms with van der Waals surface area (Å²) < 4.78 is 6.05. The van der Waals surface area contributed by atoms with Gasteiger partial charge in [0.1, 0.15) is 16.5 Å². The number of hydrogen-bond acceptors (Lipinski definition) is 4. The van der Waals surface area contributed by atoms with Crippen molar-refractivity contribution in [2.45, 2.75) is 0 Å². The van der Waals surface area contributed by atoms with Gasteiger partial charge < -0.3 is 4.42 Å². The predicted molar refractivity (Wildman–Crippen MR) is 63.6 cm³/mol. The van der Waals surface area contributed by atoms with E-state index in [0.29, 0.717) is 15.8 Å². The monoisotopic (exact) mass is 229 g/mol. The van der Waals surface area contributed by atoms with Crippen molar-refractivity contribution in [3.05, 3.63) is 52.5 Å². The topological polar surface area (TPSA) is 43.1 Å². The van der Waals surface area contributed by atoms with Crippen LogP contribution < -0.4 is 5.43 Å². The molecule has 0 spiro atoms. The highest BCUT2D eigenvalue weighted by Crippen LogP contribution is 2.21. The van der Waals surface area contributed by atoms with E-state index < -0.39 is 0 Å². The van der Waals surface area contributed by atoms with Gasteiger partial charge in [0.05, 0.1) is 5.56 Å². The van der Waals surface area contributed by atoms with E-state index in [-0.39, 0.29) is 5.43 Å². The quantitative estimate of drug-likeness (QED) is 0.644. The molecule has 0 saturated heterocycles. The Hall–Kier alpha value is -1.94. The third-order valence-electron chi connectivity index (χ3n) is 2.36. The van der Waals surface area contributed by atoms with Crippen molar-refractivity contribution in [1.29, 1.82) is 0 Å². The van der Waals surface area contributed by atoms with Crippen LogP contribution in [0.3, 0.4) is 0 Å². The molecule has 0 aromatic carbocycles. The van der Waals surface area contributed by atoms with Crippen LogP contribution in [0.2, 0.25) is 0 Å². The lowest BCUT2D eigenvalue weighted by Crippen LogP contribution is -2.02. The summed E-state index contributed by atoms with van der Waals surface area (Å²) in [5, 5.41) is 1.85. The predicted octanol–water partition coefficient (Wildman–Crippen LogP) is 2.92. The second kappa shape index (κ2) is 3.57. The van der Waals surface area contributed by atoms with E-state index in [1.807, 2.05) is 11.4 Å². The van der Waals surface area contributed by atoms with Crippen molar-refractivity contribution in [2.75, 3.05) is 0 Å². The van der Waals surface area contributed by atoms with E-state index in [9.17, 15) is 4.79 Å². The lowest BCUT2D eigenvalue weighted by atomic mass is 10.1. The Morgan fingerprint density at radius 3 is 3.06 bits per heavy atom. The first-order chi connectivity index (χ1) is 7.86. The molecule has 0 aliphatic carbocycles. The molecule has 78 valence electrons. The Labute approximate surface area is 95.0 Å². The molecule has 4 heteroatoms. The number of thiophene rings is 1. The van der Waals surface area contributed by atoms with Crippen LogP contribution in [0.25, 0.3) is 21.4 Å². The molecular formula is C12H7NO2S. The second-order valence-corrected chi connectivity index (χ2v) is 4.25. The average Bonchev–Trinajstić information content (AvgIpc) is 2.80. The summed E-state index contributed by atoms with van der Waals surface area (Å²) in [7, 11) is 0. The molecular weight excluding hydrogens is 222 g/mol. The molecule has 0 bridgehead atoms. The molecule has 0 N–H and O–H groups in total. The molecule has 16 heavy (non-hydrogen) atoms. The third-order valence-corrected chi connectivity index (χ3v) is 3.25. The summed E-state index contributed by atoms with van der Waals surface area (Å²) in [4.78, 5) is 16.1. The Kier molecular flexibility index (Phi) is 2.08. The van der Waals surface area contributed by atoms with Crippen molar-refractivity contribution in [1.82, 2.24) is 4.98 Å². The Morgan fingerprint density at radius 1 is 1.31 bits per heavy atom. The molecule has 3 nitrogen and oxygen atoms in total. The van der Waals surface area contributed by atoms with E-state index in [1.54, 1.807) is 24.5 Å². The number of fused-ring (bicyclic) bond motifs is 1. The van der Waals surface area contributed by atoms with Crippen LogP contribution in [0.1, 0.15) is 0 Å². The van der Waals surface area contributed by atoms with Crippen molar-refractivity contribution in [2.24, 2.45) is 0 Å². The van der Waals surface area contributed by atoms with E-state index in [1.165, 1.54) is 17.6 Å². The molecule has 0 amide bonds. The molecule has 3 heterocycles. The molecule has 0 atom stereocenters. The molecule has 3 rings (SSSR count). The summed E-state index contributed by atoms with van der Waals surface area (Å²) in [5.41, 5.74) is 1.99. The van der Waals surface area contributed by atoms with Crippen LogP contribution in [-0.2, 0) is 0 Å². The van der Waals surface area contributed by atoms with Crippen LogP contribution in [0.15, 0.2) is 51.4 Å². The standard InChI is InChI=1S/C12H7NO2S/c14-11-9(8-2-1-4-13-6-8)7-15-10-3-5-16-12(10)11/h1-7H. The fourth-order valence-electron chi connectivity index (χ4n) is 1.58. The Morgan fingerprint density at radius 2 is 2.25 bits per heavy atom. The third kappa shape index (κ3) is 1.35. The molecule has 0 aliphatic rings. The molecule has 0 fully saturated rings. The lowest BCUT2D eigenvalue weighted by molar-refractivity contribution is 0.606. The van der Waals surface area contributed by atoms with Gasteiger partial charge in [-0.15, -0.1) is 11.3 Å². The Bertz CT molecular complexity index is 685. The van der Waals surface area contributed by atoms with Gasteiger partial charge >= 0.3 is 0 Å². The van der Waals surface area contributed by atoms with Gasteiger partial charge in [0.15, 0.2) is 0 Å². The fourth-order valence-corrected chi connectivity index (χ4v) is 2.35. The maximum atomic E-state index is 12.1. The maximum absolute atomic E-state index is 12.1. The van der Waals surface area contributed by atoms with Gasteiger partial charge in [-0.05, 0) is 17.5 Å². The van der Waals surface area contributed by atoms with Gasteiger partial charge in [0.25, 0.3) is 0 Å². The minimum atomic E-state index is 0.00394. The van der Waals surface area contributed by atoms with Crippen LogP contribution in [-0.4, -0.2) is 4.98 Å². The van der Waals surface area contributed by atoms with Crippen molar-refractivity contribution < 1.29 is 4.42 Å². The zero-order valence-electron chi connectivity index (χ0n) is 8.21. The van der Waals surface area contributed by atoms with Crippen LogP contribution in [0.4, 0.5) is 0 Å². The van der Waals surface area contributed by atoms with E-state index in [2.05, 4.69) is 4.98 Å². The van der Waals surface area contributed by atoms with Crippen molar-refractivity contribution >= 4 is 21.6 Å². The van der Waals surface area contributed by atoms with Crippen molar-refractivity contribution in [3.8, 4) is 11.1 Å². The van der Waals surface area contributed by atoms with Gasteiger partial charge in [-0.3, -0.25) is 9.78 Å². The normalized spacial score (nSPS) is 10.8. The van der Waals surface area contributed by atoms with Crippen LogP contribution in [0, 0.1) is 0 Å². The van der Waals surface area contributed by atoms with Gasteiger partial charge in [-0.1, -0.05) is 6.07 Å². The highest BCUT2D eigenvalue weighted by Gasteiger charge is 2.09. The minimum absolute atomic E-state index is 0.00394. The molecule has 0 unspecified atom stereocenters. The van der Waals surface area contributed by atoms with E-state index in [0.717, 1.165) is 5.56 Å². The Balaban J connectivity index is 2.33. The van der Waals surface area contributed by atoms with Crippen LogP contribution >= 0.6 is 11.3 Å². The highest BCUT2D eigenvalue weighted by atomic mass is 32.1. The van der Waals surface area contributed by atoms with Gasteiger partial charge in [0, 0.05) is 18.0 Å². The first-order valence-corrected chi connectivity index (χ1v) is 5.63. The SMILES string of the molecule is O=c1c(-c2cccnc2)coc2ccsc12. The summed E-state index contributed by atoms with van der Waals surface area (Å²) in [6.45, 7) is 0. The summed E-state index contributed by atoms with van der Waals surface area (Å²) in [5.74, 6) is 0. The molecule has 3 aromatic heterocycles. The number of rotatable bonds is 1. The van der Waals surface area contributed by atoms with Crippen molar-refractivity contribution in [3.63, 3.8) is 0 Å². The number of nitrogens with zero attached hydrogens (tertiary/aromatic N) is 1. The largest absolute Gasteiger partial charge is 0.463 e. The second-order valence-electron chi connectivity index (χ2n) is 3.33. The lowest BCUT2D eigenvalue weighted by Gasteiger charge is -1.98. The zero-order valence-corrected chi connectivity index (χ0v) is 9.03. The minimum Gasteiger partial charge on any atom is -0.463 e.